The highest BCUT2D eigenvalue weighted by Crippen LogP contribution is 2.05. The first kappa shape index (κ1) is 10.3. The number of carboxylic acid groups (broad SMARTS) is 1. The van der Waals surface area contributed by atoms with Crippen molar-refractivity contribution < 1.29 is 9.90 Å². The molecule has 1 N–H and O–H groups in total. The molecule has 0 aromatic heterocycles. The molecule has 11 heavy (non-hydrogen) atoms. The summed E-state index contributed by atoms with van der Waals surface area (Å²) in [7, 11) is 1.61. The van der Waals surface area contributed by atoms with E-state index in [0.29, 0.717) is 0 Å². The van der Waals surface area contributed by atoms with E-state index in [1.807, 2.05) is 6.92 Å². The summed E-state index contributed by atoms with van der Waals surface area (Å²) >= 11 is 0. The Morgan fingerprint density at radius 3 is 2.55 bits per heavy atom. The molecule has 3 heteroatoms. The summed E-state index contributed by atoms with van der Waals surface area (Å²) < 4.78 is 0. The van der Waals surface area contributed by atoms with Gasteiger partial charge in [-0.25, -0.2) is 4.79 Å². The van der Waals surface area contributed by atoms with Crippen molar-refractivity contribution in [1.29, 1.82) is 0 Å². The van der Waals surface area contributed by atoms with Crippen LogP contribution in [0.15, 0.2) is 0 Å². The van der Waals surface area contributed by atoms with Crippen LogP contribution in [0.3, 0.4) is 0 Å². The summed E-state index contributed by atoms with van der Waals surface area (Å²) in [6.45, 7) is 4.04. The van der Waals surface area contributed by atoms with Crippen LogP contribution in [0.5, 0.6) is 0 Å². The Labute approximate surface area is 68.0 Å². The van der Waals surface area contributed by atoms with E-state index < -0.39 is 6.09 Å². The first-order valence-electron chi connectivity index (χ1n) is 4.05. The van der Waals surface area contributed by atoms with Crippen LogP contribution in [0, 0.1) is 0 Å². The third-order valence-electron chi connectivity index (χ3n) is 1.94. The van der Waals surface area contributed by atoms with Gasteiger partial charge in [-0.1, -0.05) is 19.8 Å². The summed E-state index contributed by atoms with van der Waals surface area (Å²) in [6, 6.07) is 0.146. The van der Waals surface area contributed by atoms with Gasteiger partial charge < -0.3 is 10.0 Å². The van der Waals surface area contributed by atoms with Gasteiger partial charge in [0.2, 0.25) is 0 Å². The van der Waals surface area contributed by atoms with Crippen molar-refractivity contribution in [3.8, 4) is 0 Å². The molecule has 0 heterocycles. The van der Waals surface area contributed by atoms with Gasteiger partial charge >= 0.3 is 6.09 Å². The number of hydrogen-bond acceptors (Lipinski definition) is 1. The van der Waals surface area contributed by atoms with Gasteiger partial charge in [-0.15, -0.1) is 0 Å². The third kappa shape index (κ3) is 3.86. The smallest absolute Gasteiger partial charge is 0.407 e. The third-order valence-corrected chi connectivity index (χ3v) is 1.94. The lowest BCUT2D eigenvalue weighted by molar-refractivity contribution is 0.139. The standard InChI is InChI=1S/C8H17NO2/c1-4-5-6-7(2)9(3)8(10)11/h7H,4-6H2,1-3H3,(H,10,11). The van der Waals surface area contributed by atoms with E-state index in [1.165, 1.54) is 4.90 Å². The largest absolute Gasteiger partial charge is 0.465 e. The number of hydrogen-bond donors (Lipinski definition) is 1. The van der Waals surface area contributed by atoms with Crippen molar-refractivity contribution in [2.75, 3.05) is 7.05 Å². The minimum atomic E-state index is -0.839. The SMILES string of the molecule is CCCCC(C)N(C)C(=O)O. The minimum absolute atomic E-state index is 0.146. The zero-order chi connectivity index (χ0) is 8.85. The van der Waals surface area contributed by atoms with E-state index in [2.05, 4.69) is 6.92 Å². The van der Waals surface area contributed by atoms with E-state index in [0.717, 1.165) is 19.3 Å². The van der Waals surface area contributed by atoms with Crippen LogP contribution in [-0.4, -0.2) is 29.2 Å². The molecule has 0 saturated heterocycles. The molecule has 0 aliphatic rings. The molecule has 0 aromatic rings. The molecular weight excluding hydrogens is 142 g/mol. The molecule has 0 rings (SSSR count). The zero-order valence-corrected chi connectivity index (χ0v) is 7.50. The van der Waals surface area contributed by atoms with Crippen LogP contribution in [0.2, 0.25) is 0 Å². The predicted molar refractivity (Wildman–Crippen MR) is 44.8 cm³/mol. The summed E-state index contributed by atoms with van der Waals surface area (Å²) in [4.78, 5) is 11.8. The fourth-order valence-electron chi connectivity index (χ4n) is 0.882. The molecule has 0 fully saturated rings. The molecule has 1 unspecified atom stereocenters. The van der Waals surface area contributed by atoms with E-state index in [9.17, 15) is 4.79 Å². The number of rotatable bonds is 4. The maximum absolute atomic E-state index is 10.4. The maximum Gasteiger partial charge on any atom is 0.407 e. The molecule has 0 aliphatic carbocycles. The lowest BCUT2D eigenvalue weighted by Crippen LogP contribution is -2.33. The Kier molecular flexibility index (Phi) is 4.66. The fourth-order valence-corrected chi connectivity index (χ4v) is 0.882. The highest BCUT2D eigenvalue weighted by molar-refractivity contribution is 5.64. The number of carbonyl (C=O) groups is 1. The second-order valence-corrected chi connectivity index (χ2v) is 2.88. The molecule has 0 aromatic carbocycles. The average molecular weight is 159 g/mol. The van der Waals surface area contributed by atoms with Gasteiger partial charge in [-0.05, 0) is 13.3 Å². The van der Waals surface area contributed by atoms with E-state index in [1.54, 1.807) is 7.05 Å². The monoisotopic (exact) mass is 159 g/mol. The zero-order valence-electron chi connectivity index (χ0n) is 7.50. The quantitative estimate of drug-likeness (QED) is 0.683. The van der Waals surface area contributed by atoms with Crippen LogP contribution in [0.4, 0.5) is 4.79 Å². The van der Waals surface area contributed by atoms with Crippen LogP contribution >= 0.6 is 0 Å². The van der Waals surface area contributed by atoms with E-state index >= 15 is 0 Å². The van der Waals surface area contributed by atoms with Crippen molar-refractivity contribution in [2.24, 2.45) is 0 Å². The van der Waals surface area contributed by atoms with Crippen molar-refractivity contribution in [3.05, 3.63) is 0 Å². The molecule has 0 saturated carbocycles. The van der Waals surface area contributed by atoms with Gasteiger partial charge in [-0.2, -0.15) is 0 Å². The molecule has 0 bridgehead atoms. The Hall–Kier alpha value is -0.730. The summed E-state index contributed by atoms with van der Waals surface area (Å²) in [5.41, 5.74) is 0. The molecule has 3 nitrogen and oxygen atoms in total. The minimum Gasteiger partial charge on any atom is -0.465 e. The van der Waals surface area contributed by atoms with Crippen molar-refractivity contribution in [2.45, 2.75) is 39.2 Å². The topological polar surface area (TPSA) is 40.5 Å². The lowest BCUT2D eigenvalue weighted by Gasteiger charge is -2.21. The van der Waals surface area contributed by atoms with Gasteiger partial charge in [0.1, 0.15) is 0 Å². The van der Waals surface area contributed by atoms with Crippen molar-refractivity contribution in [1.82, 2.24) is 4.90 Å². The maximum atomic E-state index is 10.4. The van der Waals surface area contributed by atoms with Crippen LogP contribution in [-0.2, 0) is 0 Å². The van der Waals surface area contributed by atoms with E-state index in [4.69, 9.17) is 5.11 Å². The van der Waals surface area contributed by atoms with E-state index in [-0.39, 0.29) is 6.04 Å². The number of unbranched alkanes of at least 4 members (excludes halogenated alkanes) is 1. The Bertz CT molecular complexity index is 125. The van der Waals surface area contributed by atoms with Crippen LogP contribution in [0.25, 0.3) is 0 Å². The molecule has 1 atom stereocenters. The average Bonchev–Trinajstić information content (AvgIpc) is 1.98. The second kappa shape index (κ2) is 4.99. The normalized spacial score (nSPS) is 12.6. The number of amides is 1. The molecule has 0 aliphatic heterocycles. The van der Waals surface area contributed by atoms with Gasteiger partial charge in [0, 0.05) is 13.1 Å². The summed E-state index contributed by atoms with van der Waals surface area (Å²) in [5.74, 6) is 0. The lowest BCUT2D eigenvalue weighted by atomic mass is 10.1. The van der Waals surface area contributed by atoms with Gasteiger partial charge in [0.15, 0.2) is 0 Å². The first-order valence-corrected chi connectivity index (χ1v) is 4.05. The Morgan fingerprint density at radius 1 is 1.64 bits per heavy atom. The Morgan fingerprint density at radius 2 is 2.18 bits per heavy atom. The van der Waals surface area contributed by atoms with Crippen LogP contribution < -0.4 is 0 Å². The number of nitrogens with zero attached hydrogens (tertiary/aromatic N) is 1. The predicted octanol–water partition coefficient (Wildman–Crippen LogP) is 2.17. The molecular formula is C8H17NO2. The summed E-state index contributed by atoms with van der Waals surface area (Å²) in [6.07, 6.45) is 2.34. The van der Waals surface area contributed by atoms with Crippen molar-refractivity contribution >= 4 is 6.09 Å². The Balaban J connectivity index is 3.63. The molecule has 0 spiro atoms. The van der Waals surface area contributed by atoms with Gasteiger partial charge in [0.05, 0.1) is 0 Å². The summed E-state index contributed by atoms with van der Waals surface area (Å²) in [5, 5.41) is 8.58. The second-order valence-electron chi connectivity index (χ2n) is 2.88. The van der Waals surface area contributed by atoms with Gasteiger partial charge in [-0.3, -0.25) is 0 Å². The van der Waals surface area contributed by atoms with Gasteiger partial charge in [0.25, 0.3) is 0 Å². The highest BCUT2D eigenvalue weighted by Gasteiger charge is 2.12. The van der Waals surface area contributed by atoms with Crippen molar-refractivity contribution in [3.63, 3.8) is 0 Å². The first-order chi connectivity index (χ1) is 5.09. The molecule has 0 radical (unpaired) electrons. The van der Waals surface area contributed by atoms with Crippen LogP contribution in [0.1, 0.15) is 33.1 Å². The highest BCUT2D eigenvalue weighted by atomic mass is 16.4. The molecule has 1 amide bonds. The fraction of sp³-hybridized carbons (Fsp3) is 0.875. The molecule has 66 valence electrons.